The van der Waals surface area contributed by atoms with E-state index in [9.17, 15) is 4.79 Å². The molecule has 24 heavy (non-hydrogen) atoms. The molecule has 0 fully saturated rings. The molecule has 0 atom stereocenters. The van der Waals surface area contributed by atoms with Gasteiger partial charge >= 0.3 is 0 Å². The molecule has 1 aliphatic heterocycles. The van der Waals surface area contributed by atoms with E-state index in [0.717, 1.165) is 23.4 Å². The first-order chi connectivity index (χ1) is 11.6. The summed E-state index contributed by atoms with van der Waals surface area (Å²) in [5, 5.41) is 4.37. The number of methoxy groups -OCH3 is 2. The van der Waals surface area contributed by atoms with Crippen LogP contribution in [0.15, 0.2) is 18.2 Å². The molecule has 2 heterocycles. The summed E-state index contributed by atoms with van der Waals surface area (Å²) in [5.74, 6) is 1.45. The molecule has 3 rings (SSSR count). The van der Waals surface area contributed by atoms with Gasteiger partial charge in [-0.15, -0.1) is 0 Å². The quantitative estimate of drug-likeness (QED) is 0.864. The number of amides is 1. The van der Waals surface area contributed by atoms with Crippen molar-refractivity contribution in [3.05, 3.63) is 40.7 Å². The van der Waals surface area contributed by atoms with E-state index in [4.69, 9.17) is 9.47 Å². The first-order valence-electron chi connectivity index (χ1n) is 8.14. The Labute approximate surface area is 142 Å². The molecular weight excluding hydrogens is 306 g/mol. The SMILES string of the molecule is CCn1nc(C)cc1C(=O)N1CCc2cc(OC)c(OC)cc2C1. The largest absolute Gasteiger partial charge is 0.493 e. The Kier molecular flexibility index (Phi) is 4.46. The van der Waals surface area contributed by atoms with E-state index in [1.165, 1.54) is 5.56 Å². The smallest absolute Gasteiger partial charge is 0.272 e. The third kappa shape index (κ3) is 2.84. The van der Waals surface area contributed by atoms with Gasteiger partial charge in [0.2, 0.25) is 0 Å². The summed E-state index contributed by atoms with van der Waals surface area (Å²) in [7, 11) is 3.26. The Morgan fingerprint density at radius 1 is 1.17 bits per heavy atom. The van der Waals surface area contributed by atoms with Crippen LogP contribution in [0, 0.1) is 6.92 Å². The summed E-state index contributed by atoms with van der Waals surface area (Å²) in [5.41, 5.74) is 3.83. The van der Waals surface area contributed by atoms with Gasteiger partial charge in [0.1, 0.15) is 5.69 Å². The van der Waals surface area contributed by atoms with E-state index >= 15 is 0 Å². The fraction of sp³-hybridized carbons (Fsp3) is 0.444. The molecule has 6 heteroatoms. The summed E-state index contributed by atoms with van der Waals surface area (Å²) in [6.45, 7) is 5.85. The zero-order valence-corrected chi connectivity index (χ0v) is 14.6. The maximum absolute atomic E-state index is 12.9. The Morgan fingerprint density at radius 3 is 2.46 bits per heavy atom. The van der Waals surface area contributed by atoms with Gasteiger partial charge in [-0.25, -0.2) is 0 Å². The van der Waals surface area contributed by atoms with E-state index in [1.54, 1.807) is 18.9 Å². The van der Waals surface area contributed by atoms with Gasteiger partial charge in [0.05, 0.1) is 19.9 Å². The molecule has 0 N–H and O–H groups in total. The minimum atomic E-state index is 0.0258. The van der Waals surface area contributed by atoms with Crippen molar-refractivity contribution >= 4 is 5.91 Å². The van der Waals surface area contributed by atoms with Crippen LogP contribution in [0.3, 0.4) is 0 Å². The minimum Gasteiger partial charge on any atom is -0.493 e. The average molecular weight is 329 g/mol. The first kappa shape index (κ1) is 16.4. The zero-order valence-electron chi connectivity index (χ0n) is 14.6. The lowest BCUT2D eigenvalue weighted by Crippen LogP contribution is -2.37. The Bertz CT molecular complexity index is 767. The number of hydrogen-bond donors (Lipinski definition) is 0. The highest BCUT2D eigenvalue weighted by Gasteiger charge is 2.25. The Balaban J connectivity index is 1.87. The van der Waals surface area contributed by atoms with Gasteiger partial charge in [0, 0.05) is 19.6 Å². The second kappa shape index (κ2) is 6.55. The van der Waals surface area contributed by atoms with Crippen LogP contribution in [-0.4, -0.2) is 41.4 Å². The summed E-state index contributed by atoms with van der Waals surface area (Å²) in [6.07, 6.45) is 0.806. The maximum atomic E-state index is 12.9. The van der Waals surface area contributed by atoms with Crippen LogP contribution < -0.4 is 9.47 Å². The van der Waals surface area contributed by atoms with E-state index in [-0.39, 0.29) is 5.91 Å². The number of benzene rings is 1. The van der Waals surface area contributed by atoms with Gasteiger partial charge in [-0.2, -0.15) is 5.10 Å². The summed E-state index contributed by atoms with van der Waals surface area (Å²) >= 11 is 0. The number of aromatic nitrogens is 2. The number of carbonyl (C=O) groups excluding carboxylic acids is 1. The molecule has 1 aliphatic rings. The van der Waals surface area contributed by atoms with Crippen LogP contribution in [0.5, 0.6) is 11.5 Å². The molecule has 0 aliphatic carbocycles. The van der Waals surface area contributed by atoms with Crippen molar-refractivity contribution in [1.82, 2.24) is 14.7 Å². The highest BCUT2D eigenvalue weighted by molar-refractivity contribution is 5.93. The third-order valence-electron chi connectivity index (χ3n) is 4.43. The predicted octanol–water partition coefficient (Wildman–Crippen LogP) is 2.43. The molecule has 0 bridgehead atoms. The lowest BCUT2D eigenvalue weighted by molar-refractivity contribution is 0.0722. The molecule has 0 radical (unpaired) electrons. The summed E-state index contributed by atoms with van der Waals surface area (Å²) in [6, 6.07) is 5.84. The monoisotopic (exact) mass is 329 g/mol. The fourth-order valence-corrected chi connectivity index (χ4v) is 3.18. The topological polar surface area (TPSA) is 56.6 Å². The van der Waals surface area contributed by atoms with Crippen molar-refractivity contribution in [3.63, 3.8) is 0 Å². The fourth-order valence-electron chi connectivity index (χ4n) is 3.18. The van der Waals surface area contributed by atoms with Crippen molar-refractivity contribution in [2.45, 2.75) is 33.4 Å². The predicted molar refractivity (Wildman–Crippen MR) is 90.6 cm³/mol. The van der Waals surface area contributed by atoms with E-state index in [1.807, 2.05) is 36.9 Å². The zero-order chi connectivity index (χ0) is 17.3. The van der Waals surface area contributed by atoms with E-state index in [0.29, 0.717) is 31.1 Å². The second-order valence-electron chi connectivity index (χ2n) is 5.94. The molecule has 1 aromatic heterocycles. The van der Waals surface area contributed by atoms with Gasteiger partial charge in [0.15, 0.2) is 11.5 Å². The number of rotatable bonds is 4. The van der Waals surface area contributed by atoms with Crippen LogP contribution in [0.1, 0.15) is 34.2 Å². The highest BCUT2D eigenvalue weighted by atomic mass is 16.5. The molecule has 2 aromatic rings. The number of aryl methyl sites for hydroxylation is 2. The molecule has 0 spiro atoms. The van der Waals surface area contributed by atoms with Crippen molar-refractivity contribution in [2.75, 3.05) is 20.8 Å². The minimum absolute atomic E-state index is 0.0258. The average Bonchev–Trinajstić information content (AvgIpc) is 3.00. The standard InChI is InChI=1S/C18H23N3O3/c1-5-21-15(8-12(2)19-21)18(22)20-7-6-13-9-16(23-3)17(24-4)10-14(13)11-20/h8-10H,5-7,11H2,1-4H3. The van der Waals surface area contributed by atoms with E-state index < -0.39 is 0 Å². The van der Waals surface area contributed by atoms with Crippen molar-refractivity contribution in [2.24, 2.45) is 0 Å². The van der Waals surface area contributed by atoms with E-state index in [2.05, 4.69) is 5.10 Å². The van der Waals surface area contributed by atoms with Crippen LogP contribution >= 0.6 is 0 Å². The Hall–Kier alpha value is -2.50. The van der Waals surface area contributed by atoms with Crippen LogP contribution in [0.2, 0.25) is 0 Å². The summed E-state index contributed by atoms with van der Waals surface area (Å²) < 4.78 is 12.5. The molecule has 0 saturated carbocycles. The first-order valence-corrected chi connectivity index (χ1v) is 8.14. The molecule has 0 unspecified atom stereocenters. The molecule has 6 nitrogen and oxygen atoms in total. The third-order valence-corrected chi connectivity index (χ3v) is 4.43. The van der Waals surface area contributed by atoms with Gasteiger partial charge < -0.3 is 14.4 Å². The molecule has 1 amide bonds. The van der Waals surface area contributed by atoms with Crippen molar-refractivity contribution in [1.29, 1.82) is 0 Å². The second-order valence-corrected chi connectivity index (χ2v) is 5.94. The van der Waals surface area contributed by atoms with Gasteiger partial charge in [-0.05, 0) is 49.6 Å². The molecule has 0 saturated heterocycles. The summed E-state index contributed by atoms with van der Waals surface area (Å²) in [4.78, 5) is 14.8. The lowest BCUT2D eigenvalue weighted by atomic mass is 9.98. The highest BCUT2D eigenvalue weighted by Crippen LogP contribution is 2.33. The number of ether oxygens (including phenoxy) is 2. The number of carbonyl (C=O) groups is 1. The van der Waals surface area contributed by atoms with Gasteiger partial charge in [-0.1, -0.05) is 0 Å². The lowest BCUT2D eigenvalue weighted by Gasteiger charge is -2.29. The van der Waals surface area contributed by atoms with Crippen LogP contribution in [-0.2, 0) is 19.5 Å². The maximum Gasteiger partial charge on any atom is 0.272 e. The van der Waals surface area contributed by atoms with Gasteiger partial charge in [-0.3, -0.25) is 9.48 Å². The molecule has 128 valence electrons. The Morgan fingerprint density at radius 2 is 1.83 bits per heavy atom. The number of nitrogens with zero attached hydrogens (tertiary/aromatic N) is 3. The van der Waals surface area contributed by atoms with Crippen molar-refractivity contribution < 1.29 is 14.3 Å². The van der Waals surface area contributed by atoms with Crippen LogP contribution in [0.25, 0.3) is 0 Å². The number of fused-ring (bicyclic) bond motifs is 1. The number of hydrogen-bond acceptors (Lipinski definition) is 4. The molecule has 1 aromatic carbocycles. The van der Waals surface area contributed by atoms with Gasteiger partial charge in [0.25, 0.3) is 5.91 Å². The normalized spacial score (nSPS) is 13.6. The van der Waals surface area contributed by atoms with Crippen LogP contribution in [0.4, 0.5) is 0 Å². The van der Waals surface area contributed by atoms with Crippen molar-refractivity contribution in [3.8, 4) is 11.5 Å². The molecular formula is C18H23N3O3.